The van der Waals surface area contributed by atoms with Crippen LogP contribution in [0.25, 0.3) is 22.2 Å². The molecule has 0 aliphatic heterocycles. The molecule has 7 nitrogen and oxygen atoms in total. The molecule has 2 heterocycles. The molecule has 5 rings (SSSR count). The highest BCUT2D eigenvalue weighted by Gasteiger charge is 2.15. The highest BCUT2D eigenvalue weighted by molar-refractivity contribution is 5.95. The molecule has 0 radical (unpaired) electrons. The minimum Gasteiger partial charge on any atom is -0.496 e. The van der Waals surface area contributed by atoms with Crippen LogP contribution in [0.1, 0.15) is 16.1 Å². The Bertz CT molecular complexity index is 1430. The lowest BCUT2D eigenvalue weighted by atomic mass is 10.1. The van der Waals surface area contributed by atoms with Gasteiger partial charge < -0.3 is 19.2 Å². The van der Waals surface area contributed by atoms with Gasteiger partial charge in [0.05, 0.1) is 18.2 Å². The minimum absolute atomic E-state index is 0.245. The summed E-state index contributed by atoms with van der Waals surface area (Å²) >= 11 is 0. The summed E-state index contributed by atoms with van der Waals surface area (Å²) in [6, 6.07) is 24.8. The molecule has 0 fully saturated rings. The number of fused-ring (bicyclic) bond motifs is 1. The smallest absolute Gasteiger partial charge is 0.185 e. The van der Waals surface area contributed by atoms with Crippen molar-refractivity contribution in [2.45, 2.75) is 6.61 Å². The number of carbonyl (C=O) groups excluding carboxylic acids is 1. The first-order valence-electron chi connectivity index (χ1n) is 10.7. The van der Waals surface area contributed by atoms with Crippen LogP contribution in [0.5, 0.6) is 11.5 Å². The van der Waals surface area contributed by atoms with E-state index in [0.717, 1.165) is 22.4 Å². The van der Waals surface area contributed by atoms with Gasteiger partial charge in [-0.2, -0.15) is 0 Å². The summed E-state index contributed by atoms with van der Waals surface area (Å²) in [5, 5.41) is 4.13. The van der Waals surface area contributed by atoms with Gasteiger partial charge in [-0.15, -0.1) is 0 Å². The molecule has 0 saturated carbocycles. The number of nitrogens with one attached hydrogen (secondary N) is 1. The molecule has 0 aliphatic rings. The van der Waals surface area contributed by atoms with Crippen LogP contribution in [0, 0.1) is 0 Å². The van der Waals surface area contributed by atoms with E-state index in [9.17, 15) is 4.79 Å². The molecule has 2 aromatic heterocycles. The van der Waals surface area contributed by atoms with Gasteiger partial charge in [-0.05, 0) is 48.0 Å². The molecule has 0 aliphatic carbocycles. The molecule has 0 amide bonds. The summed E-state index contributed by atoms with van der Waals surface area (Å²) in [4.78, 5) is 19.9. The van der Waals surface area contributed by atoms with Gasteiger partial charge >= 0.3 is 0 Å². The zero-order valence-electron chi connectivity index (χ0n) is 18.4. The third-order valence-electron chi connectivity index (χ3n) is 5.33. The molecule has 0 atom stereocenters. The first-order valence-corrected chi connectivity index (χ1v) is 10.7. The predicted octanol–water partition coefficient (Wildman–Crippen LogP) is 6.03. The summed E-state index contributed by atoms with van der Waals surface area (Å²) in [5.41, 5.74) is 3.37. The second-order valence-corrected chi connectivity index (χ2v) is 7.54. The van der Waals surface area contributed by atoms with E-state index in [1.807, 2.05) is 66.7 Å². The molecule has 0 unspecified atom stereocenters. The van der Waals surface area contributed by atoms with Crippen molar-refractivity contribution in [1.29, 1.82) is 0 Å². The van der Waals surface area contributed by atoms with Crippen molar-refractivity contribution in [3.63, 3.8) is 0 Å². The van der Waals surface area contributed by atoms with Crippen molar-refractivity contribution in [2.24, 2.45) is 0 Å². The maximum atomic E-state index is 11.0. The predicted molar refractivity (Wildman–Crippen MR) is 130 cm³/mol. The third-order valence-corrected chi connectivity index (χ3v) is 5.33. The number of benzene rings is 3. The number of aromatic nitrogens is 2. The topological polar surface area (TPSA) is 86.5 Å². The number of methoxy groups -OCH3 is 1. The number of nitrogens with zero attached hydrogens (tertiary/aromatic N) is 2. The Morgan fingerprint density at radius 2 is 1.79 bits per heavy atom. The molecular weight excluding hydrogens is 430 g/mol. The largest absolute Gasteiger partial charge is 0.496 e. The third kappa shape index (κ3) is 4.45. The van der Waals surface area contributed by atoms with Crippen LogP contribution in [-0.4, -0.2) is 23.4 Å². The van der Waals surface area contributed by atoms with Gasteiger partial charge in [0.1, 0.15) is 36.0 Å². The maximum absolute atomic E-state index is 11.0. The van der Waals surface area contributed by atoms with Crippen molar-refractivity contribution in [1.82, 2.24) is 9.97 Å². The Balaban J connectivity index is 1.41. The molecular formula is C27H21N3O4. The van der Waals surface area contributed by atoms with E-state index in [-0.39, 0.29) is 5.76 Å². The summed E-state index contributed by atoms with van der Waals surface area (Å²) < 4.78 is 17.0. The standard InChI is InChI=1S/C27H21N3O4/c1-32-26-14-24-22(13-23(26)25-12-11-21(15-31)34-25)27(29-17-28-24)30-19-7-9-20(10-8-19)33-16-18-5-3-2-4-6-18/h2-15,17H,16H2,1H3,(H,28,29,30). The molecule has 3 aromatic carbocycles. The molecule has 0 spiro atoms. The maximum Gasteiger partial charge on any atom is 0.185 e. The van der Waals surface area contributed by atoms with Crippen LogP contribution in [-0.2, 0) is 6.61 Å². The van der Waals surface area contributed by atoms with Crippen molar-refractivity contribution in [2.75, 3.05) is 12.4 Å². The Hall–Kier alpha value is -4.65. The quantitative estimate of drug-likeness (QED) is 0.288. The van der Waals surface area contributed by atoms with Crippen LogP contribution in [0.3, 0.4) is 0 Å². The fourth-order valence-corrected chi connectivity index (χ4v) is 3.62. The monoisotopic (exact) mass is 451 g/mol. The van der Waals surface area contributed by atoms with Gasteiger partial charge in [0, 0.05) is 17.1 Å². The number of anilines is 2. The van der Waals surface area contributed by atoms with Gasteiger partial charge in [-0.25, -0.2) is 9.97 Å². The number of aldehydes is 1. The molecule has 34 heavy (non-hydrogen) atoms. The highest BCUT2D eigenvalue weighted by atomic mass is 16.5. The first kappa shape index (κ1) is 21.2. The summed E-state index contributed by atoms with van der Waals surface area (Å²) in [5.74, 6) is 2.76. The Morgan fingerprint density at radius 3 is 2.53 bits per heavy atom. The van der Waals surface area contributed by atoms with E-state index in [4.69, 9.17) is 13.9 Å². The highest BCUT2D eigenvalue weighted by Crippen LogP contribution is 2.36. The first-order chi connectivity index (χ1) is 16.7. The molecule has 1 N–H and O–H groups in total. The summed E-state index contributed by atoms with van der Waals surface area (Å²) in [6.45, 7) is 0.507. The van der Waals surface area contributed by atoms with Crippen LogP contribution in [0.15, 0.2) is 89.6 Å². The zero-order chi connectivity index (χ0) is 23.3. The molecule has 0 saturated heterocycles. The molecule has 168 valence electrons. The number of ether oxygens (including phenoxy) is 2. The number of hydrogen-bond acceptors (Lipinski definition) is 7. The average Bonchev–Trinajstić information content (AvgIpc) is 3.37. The van der Waals surface area contributed by atoms with E-state index in [1.165, 1.54) is 6.33 Å². The lowest BCUT2D eigenvalue weighted by Gasteiger charge is -2.12. The molecule has 5 aromatic rings. The van der Waals surface area contributed by atoms with Gasteiger partial charge in [-0.3, -0.25) is 4.79 Å². The summed E-state index contributed by atoms with van der Waals surface area (Å²) in [6.07, 6.45) is 2.17. The fourth-order valence-electron chi connectivity index (χ4n) is 3.62. The van der Waals surface area contributed by atoms with E-state index in [2.05, 4.69) is 15.3 Å². The van der Waals surface area contributed by atoms with E-state index in [0.29, 0.717) is 41.3 Å². The number of hydrogen-bond donors (Lipinski definition) is 1. The minimum atomic E-state index is 0.245. The van der Waals surface area contributed by atoms with Gasteiger partial charge in [0.25, 0.3) is 0 Å². The molecule has 0 bridgehead atoms. The van der Waals surface area contributed by atoms with Crippen molar-refractivity contribution in [3.05, 3.63) is 96.5 Å². The number of rotatable bonds is 8. The van der Waals surface area contributed by atoms with Crippen molar-refractivity contribution in [3.8, 4) is 22.8 Å². The van der Waals surface area contributed by atoms with Gasteiger partial charge in [0.15, 0.2) is 12.0 Å². The van der Waals surface area contributed by atoms with Gasteiger partial charge in [0.2, 0.25) is 0 Å². The Morgan fingerprint density at radius 1 is 0.971 bits per heavy atom. The number of furan rings is 1. The second kappa shape index (κ2) is 9.46. The summed E-state index contributed by atoms with van der Waals surface area (Å²) in [7, 11) is 1.58. The van der Waals surface area contributed by atoms with Crippen molar-refractivity contribution >= 4 is 28.7 Å². The number of carbonyl (C=O) groups is 1. The lowest BCUT2D eigenvalue weighted by molar-refractivity contribution is 0.110. The van der Waals surface area contributed by atoms with Crippen LogP contribution < -0.4 is 14.8 Å². The normalized spacial score (nSPS) is 10.7. The second-order valence-electron chi connectivity index (χ2n) is 7.54. The van der Waals surface area contributed by atoms with E-state index in [1.54, 1.807) is 19.2 Å². The lowest BCUT2D eigenvalue weighted by Crippen LogP contribution is -1.98. The van der Waals surface area contributed by atoms with Gasteiger partial charge in [-0.1, -0.05) is 30.3 Å². The van der Waals surface area contributed by atoms with Crippen LogP contribution >= 0.6 is 0 Å². The SMILES string of the molecule is COc1cc2ncnc(Nc3ccc(OCc4ccccc4)cc3)c2cc1-c1ccc(C=O)o1. The van der Waals surface area contributed by atoms with E-state index < -0.39 is 0 Å². The average molecular weight is 451 g/mol. The zero-order valence-corrected chi connectivity index (χ0v) is 18.4. The Kier molecular flexibility index (Phi) is 5.90. The van der Waals surface area contributed by atoms with E-state index >= 15 is 0 Å². The Labute approximate surface area is 196 Å². The van der Waals surface area contributed by atoms with Crippen LogP contribution in [0.4, 0.5) is 11.5 Å². The van der Waals surface area contributed by atoms with Crippen molar-refractivity contribution < 1.29 is 18.7 Å². The fraction of sp³-hybridized carbons (Fsp3) is 0.0741. The molecule has 7 heteroatoms. The van der Waals surface area contributed by atoms with Crippen LogP contribution in [0.2, 0.25) is 0 Å².